The number of nitrogens with zero attached hydrogens (tertiary/aromatic N) is 1. The Labute approximate surface area is 89.8 Å². The number of piperidine rings is 1. The number of methoxy groups -OCH3 is 1. The molecular formula is C10H18N2O3. The van der Waals surface area contributed by atoms with Crippen molar-refractivity contribution >= 4 is 12.0 Å². The maximum atomic E-state index is 11.7. The van der Waals surface area contributed by atoms with Gasteiger partial charge in [0.15, 0.2) is 5.54 Å². The second kappa shape index (κ2) is 4.08. The summed E-state index contributed by atoms with van der Waals surface area (Å²) < 4.78 is 4.77. The molecule has 1 N–H and O–H groups in total. The summed E-state index contributed by atoms with van der Waals surface area (Å²) in [6.07, 6.45) is 2.64. The average molecular weight is 214 g/mol. The molecule has 0 spiro atoms. The quantitative estimate of drug-likeness (QED) is 0.655. The van der Waals surface area contributed by atoms with Gasteiger partial charge in [-0.1, -0.05) is 7.43 Å². The Morgan fingerprint density at radius 3 is 2.93 bits per heavy atom. The third kappa shape index (κ3) is 1.56. The number of hydrogen-bond donors (Lipinski definition) is 1. The van der Waals surface area contributed by atoms with E-state index in [4.69, 9.17) is 4.74 Å². The molecule has 0 aliphatic carbocycles. The second-order valence-electron chi connectivity index (χ2n) is 3.79. The van der Waals surface area contributed by atoms with Crippen LogP contribution in [0.2, 0.25) is 0 Å². The van der Waals surface area contributed by atoms with Gasteiger partial charge in [-0.05, 0) is 19.3 Å². The van der Waals surface area contributed by atoms with E-state index in [1.54, 1.807) is 4.90 Å². The van der Waals surface area contributed by atoms with Crippen molar-refractivity contribution in [1.82, 2.24) is 10.2 Å². The summed E-state index contributed by atoms with van der Waals surface area (Å²) >= 11 is 0. The predicted molar refractivity (Wildman–Crippen MR) is 55.4 cm³/mol. The number of fused-ring (bicyclic) bond motifs is 1. The van der Waals surface area contributed by atoms with Crippen LogP contribution < -0.4 is 5.32 Å². The summed E-state index contributed by atoms with van der Waals surface area (Å²) in [4.78, 5) is 24.7. The maximum absolute atomic E-state index is 11.7. The van der Waals surface area contributed by atoms with Crippen LogP contribution in [0.25, 0.3) is 0 Å². The highest BCUT2D eigenvalue weighted by atomic mass is 16.5. The normalized spacial score (nSPS) is 28.9. The van der Waals surface area contributed by atoms with Crippen molar-refractivity contribution in [2.45, 2.75) is 32.2 Å². The fourth-order valence-electron chi connectivity index (χ4n) is 2.31. The van der Waals surface area contributed by atoms with Gasteiger partial charge in [-0.2, -0.15) is 0 Å². The molecule has 0 saturated carbocycles. The summed E-state index contributed by atoms with van der Waals surface area (Å²) in [5.41, 5.74) is -0.718. The molecule has 0 aromatic carbocycles. The molecule has 0 bridgehead atoms. The molecule has 1 unspecified atom stereocenters. The number of hydrogen-bond acceptors (Lipinski definition) is 3. The van der Waals surface area contributed by atoms with Gasteiger partial charge in [-0.15, -0.1) is 0 Å². The molecule has 2 aliphatic rings. The van der Waals surface area contributed by atoms with E-state index >= 15 is 0 Å². The van der Waals surface area contributed by atoms with E-state index in [2.05, 4.69) is 5.32 Å². The summed E-state index contributed by atoms with van der Waals surface area (Å²) in [5, 5.41) is 2.70. The Bertz CT molecular complexity index is 280. The fraction of sp³-hybridized carbons (Fsp3) is 0.800. The summed E-state index contributed by atoms with van der Waals surface area (Å²) in [6, 6.07) is -0.143. The molecule has 2 fully saturated rings. The van der Waals surface area contributed by atoms with Crippen LogP contribution >= 0.6 is 0 Å². The first-order chi connectivity index (χ1) is 6.70. The summed E-state index contributed by atoms with van der Waals surface area (Å²) in [5.74, 6) is -0.296. The van der Waals surface area contributed by atoms with Gasteiger partial charge in [0.1, 0.15) is 0 Å². The fourth-order valence-corrected chi connectivity index (χ4v) is 2.31. The SMILES string of the molecule is C.COC(=O)C12CCCCN1C(=O)NC2. The van der Waals surface area contributed by atoms with Gasteiger partial charge in [-0.3, -0.25) is 0 Å². The molecule has 0 aromatic rings. The van der Waals surface area contributed by atoms with Crippen molar-refractivity contribution < 1.29 is 14.3 Å². The van der Waals surface area contributed by atoms with Gasteiger partial charge in [0.05, 0.1) is 13.7 Å². The first-order valence-corrected chi connectivity index (χ1v) is 4.84. The van der Waals surface area contributed by atoms with Crippen molar-refractivity contribution in [3.8, 4) is 0 Å². The zero-order chi connectivity index (χ0) is 10.2. The summed E-state index contributed by atoms with van der Waals surface area (Å²) in [6.45, 7) is 1.04. The molecule has 5 heteroatoms. The first-order valence-electron chi connectivity index (χ1n) is 4.84. The number of ether oxygens (including phenoxy) is 1. The Morgan fingerprint density at radius 2 is 2.27 bits per heavy atom. The molecular weight excluding hydrogens is 196 g/mol. The largest absolute Gasteiger partial charge is 0.467 e. The van der Waals surface area contributed by atoms with E-state index in [1.807, 2.05) is 0 Å². The van der Waals surface area contributed by atoms with Crippen LogP contribution in [0.15, 0.2) is 0 Å². The Balaban J connectivity index is 0.00000112. The van der Waals surface area contributed by atoms with Crippen LogP contribution in [0.1, 0.15) is 26.7 Å². The van der Waals surface area contributed by atoms with Crippen molar-refractivity contribution in [2.24, 2.45) is 0 Å². The van der Waals surface area contributed by atoms with Crippen molar-refractivity contribution in [1.29, 1.82) is 0 Å². The van der Waals surface area contributed by atoms with Crippen molar-refractivity contribution in [3.05, 3.63) is 0 Å². The molecule has 5 nitrogen and oxygen atoms in total. The van der Waals surface area contributed by atoms with Crippen molar-refractivity contribution in [3.63, 3.8) is 0 Å². The van der Waals surface area contributed by atoms with Crippen LogP contribution in [0.3, 0.4) is 0 Å². The van der Waals surface area contributed by atoms with Crippen LogP contribution in [-0.2, 0) is 9.53 Å². The molecule has 2 saturated heterocycles. The topological polar surface area (TPSA) is 58.6 Å². The number of urea groups is 1. The van der Waals surface area contributed by atoms with Crippen molar-refractivity contribution in [2.75, 3.05) is 20.2 Å². The Morgan fingerprint density at radius 1 is 1.53 bits per heavy atom. The number of nitrogens with one attached hydrogen (secondary N) is 1. The highest BCUT2D eigenvalue weighted by Crippen LogP contribution is 2.32. The van der Waals surface area contributed by atoms with E-state index < -0.39 is 5.54 Å². The lowest BCUT2D eigenvalue weighted by Gasteiger charge is -2.37. The third-order valence-electron chi connectivity index (χ3n) is 3.08. The zero-order valence-electron chi connectivity index (χ0n) is 8.21. The molecule has 0 aromatic heterocycles. The lowest BCUT2D eigenvalue weighted by molar-refractivity contribution is -0.153. The van der Waals surface area contributed by atoms with Crippen LogP contribution in [0.5, 0.6) is 0 Å². The first kappa shape index (κ1) is 11.8. The number of amides is 2. The smallest absolute Gasteiger partial charge is 0.333 e. The molecule has 2 rings (SSSR count). The monoisotopic (exact) mass is 214 g/mol. The minimum Gasteiger partial charge on any atom is -0.467 e. The predicted octanol–water partition coefficient (Wildman–Crippen LogP) is 0.743. The third-order valence-corrected chi connectivity index (χ3v) is 3.08. The number of esters is 1. The highest BCUT2D eigenvalue weighted by Gasteiger charge is 2.53. The molecule has 2 heterocycles. The van der Waals surface area contributed by atoms with E-state index in [1.165, 1.54) is 7.11 Å². The minimum atomic E-state index is -0.718. The van der Waals surface area contributed by atoms with Gasteiger partial charge in [0, 0.05) is 6.54 Å². The van der Waals surface area contributed by atoms with E-state index in [-0.39, 0.29) is 19.4 Å². The lowest BCUT2D eigenvalue weighted by atomic mass is 9.88. The molecule has 15 heavy (non-hydrogen) atoms. The highest BCUT2D eigenvalue weighted by molar-refractivity contribution is 5.91. The van der Waals surface area contributed by atoms with Crippen LogP contribution in [0.4, 0.5) is 4.79 Å². The van der Waals surface area contributed by atoms with Gasteiger partial charge in [-0.25, -0.2) is 9.59 Å². The minimum absolute atomic E-state index is 0. The maximum Gasteiger partial charge on any atom is 0.333 e. The van der Waals surface area contributed by atoms with Gasteiger partial charge < -0.3 is 15.0 Å². The van der Waals surface area contributed by atoms with Gasteiger partial charge in [0.2, 0.25) is 0 Å². The molecule has 86 valence electrons. The van der Waals surface area contributed by atoms with Crippen LogP contribution in [0, 0.1) is 0 Å². The number of carbonyl (C=O) groups is 2. The second-order valence-corrected chi connectivity index (χ2v) is 3.79. The Hall–Kier alpha value is -1.26. The average Bonchev–Trinajstić information content (AvgIpc) is 2.57. The van der Waals surface area contributed by atoms with Crippen LogP contribution in [-0.4, -0.2) is 42.6 Å². The van der Waals surface area contributed by atoms with Gasteiger partial charge in [0.25, 0.3) is 0 Å². The molecule has 1 atom stereocenters. The standard InChI is InChI=1S/C9H14N2O3.CH4/c1-14-7(12)9-4-2-3-5-11(9)8(13)10-6-9;/h2-6H2,1H3,(H,10,13);1H4. The zero-order valence-corrected chi connectivity index (χ0v) is 8.21. The Kier molecular flexibility index (Phi) is 3.21. The van der Waals surface area contributed by atoms with E-state index in [9.17, 15) is 9.59 Å². The lowest BCUT2D eigenvalue weighted by Crippen LogP contribution is -2.56. The van der Waals surface area contributed by atoms with E-state index in [0.29, 0.717) is 19.5 Å². The molecule has 2 aliphatic heterocycles. The number of rotatable bonds is 1. The number of carbonyl (C=O) groups excluding carboxylic acids is 2. The van der Waals surface area contributed by atoms with E-state index in [0.717, 1.165) is 12.8 Å². The van der Waals surface area contributed by atoms with Gasteiger partial charge >= 0.3 is 12.0 Å². The summed E-state index contributed by atoms with van der Waals surface area (Å²) in [7, 11) is 1.37. The molecule has 0 radical (unpaired) electrons. The molecule has 2 amide bonds.